The first-order valence-electron chi connectivity index (χ1n) is 7.34. The fourth-order valence-electron chi connectivity index (χ4n) is 2.75. The predicted molar refractivity (Wildman–Crippen MR) is 83.1 cm³/mol. The van der Waals surface area contributed by atoms with E-state index >= 15 is 0 Å². The average Bonchev–Trinajstić information content (AvgIpc) is 2.53. The van der Waals surface area contributed by atoms with E-state index in [2.05, 4.69) is 27.3 Å². The molecule has 1 aliphatic heterocycles. The molecule has 0 spiro atoms. The summed E-state index contributed by atoms with van der Waals surface area (Å²) in [7, 11) is 2.15. The van der Waals surface area contributed by atoms with Crippen molar-refractivity contribution in [1.29, 1.82) is 0 Å². The standard InChI is InChI=1S/C15H21N5O/c1-20-9-5-4-6-11(20)10-21-14-12-7-2-3-8-13(12)17-15(18-14)19-16/h2-3,7-8,11H,4-6,9-10,16H2,1H3,(H,17,18,19). The lowest BCUT2D eigenvalue weighted by Gasteiger charge is -2.32. The van der Waals surface area contributed by atoms with E-state index in [4.69, 9.17) is 10.6 Å². The van der Waals surface area contributed by atoms with Crippen LogP contribution in [0.1, 0.15) is 19.3 Å². The summed E-state index contributed by atoms with van der Waals surface area (Å²) < 4.78 is 5.98. The summed E-state index contributed by atoms with van der Waals surface area (Å²) in [6.07, 6.45) is 3.70. The van der Waals surface area contributed by atoms with Gasteiger partial charge < -0.3 is 9.64 Å². The largest absolute Gasteiger partial charge is 0.475 e. The normalized spacial score (nSPS) is 19.6. The molecule has 3 N–H and O–H groups in total. The second kappa shape index (κ2) is 6.24. The molecule has 1 aromatic carbocycles. The number of hydrogen-bond acceptors (Lipinski definition) is 6. The number of fused-ring (bicyclic) bond motifs is 1. The van der Waals surface area contributed by atoms with E-state index < -0.39 is 0 Å². The van der Waals surface area contributed by atoms with Crippen LogP contribution >= 0.6 is 0 Å². The molecule has 1 fully saturated rings. The molecule has 2 aromatic rings. The van der Waals surface area contributed by atoms with Crippen molar-refractivity contribution < 1.29 is 4.74 Å². The Kier molecular flexibility index (Phi) is 4.17. The number of hydrazine groups is 1. The van der Waals surface area contributed by atoms with E-state index in [-0.39, 0.29) is 0 Å². The molecule has 1 aromatic heterocycles. The molecule has 0 bridgehead atoms. The van der Waals surface area contributed by atoms with Crippen LogP contribution in [0.4, 0.5) is 5.95 Å². The summed E-state index contributed by atoms with van der Waals surface area (Å²) in [5, 5.41) is 0.912. The number of piperidine rings is 1. The van der Waals surface area contributed by atoms with Gasteiger partial charge in [-0.25, -0.2) is 10.8 Å². The Labute approximate surface area is 124 Å². The molecule has 1 atom stereocenters. The molecule has 6 nitrogen and oxygen atoms in total. The summed E-state index contributed by atoms with van der Waals surface area (Å²) in [5.74, 6) is 6.40. The lowest BCUT2D eigenvalue weighted by atomic mass is 10.0. The van der Waals surface area contributed by atoms with Crippen LogP contribution in [0.25, 0.3) is 10.9 Å². The van der Waals surface area contributed by atoms with Crippen molar-refractivity contribution in [2.24, 2.45) is 5.84 Å². The Morgan fingerprint density at radius 3 is 3.00 bits per heavy atom. The van der Waals surface area contributed by atoms with Crippen molar-refractivity contribution >= 4 is 16.9 Å². The first-order valence-corrected chi connectivity index (χ1v) is 7.34. The van der Waals surface area contributed by atoms with Gasteiger partial charge in [-0.05, 0) is 38.6 Å². The first kappa shape index (κ1) is 14.0. The third-order valence-electron chi connectivity index (χ3n) is 4.03. The van der Waals surface area contributed by atoms with Crippen molar-refractivity contribution in [2.75, 3.05) is 25.6 Å². The highest BCUT2D eigenvalue weighted by atomic mass is 16.5. The van der Waals surface area contributed by atoms with Crippen LogP contribution in [0.2, 0.25) is 0 Å². The van der Waals surface area contributed by atoms with Crippen molar-refractivity contribution in [3.8, 4) is 5.88 Å². The third-order valence-corrected chi connectivity index (χ3v) is 4.03. The van der Waals surface area contributed by atoms with Crippen LogP contribution in [-0.4, -0.2) is 41.1 Å². The molecule has 6 heteroatoms. The SMILES string of the molecule is CN1CCCCC1COc1nc(NN)nc2ccccc12. The van der Waals surface area contributed by atoms with E-state index in [0.717, 1.165) is 17.4 Å². The van der Waals surface area contributed by atoms with Gasteiger partial charge >= 0.3 is 0 Å². The van der Waals surface area contributed by atoms with Crippen LogP contribution in [0.5, 0.6) is 5.88 Å². The molecule has 0 saturated carbocycles. The fourth-order valence-corrected chi connectivity index (χ4v) is 2.75. The number of rotatable bonds is 4. The number of anilines is 1. The highest BCUT2D eigenvalue weighted by Gasteiger charge is 2.20. The Bertz CT molecular complexity index is 618. The van der Waals surface area contributed by atoms with Crippen LogP contribution in [0.15, 0.2) is 24.3 Å². The van der Waals surface area contributed by atoms with Crippen molar-refractivity contribution in [3.05, 3.63) is 24.3 Å². The van der Waals surface area contributed by atoms with Gasteiger partial charge in [-0.3, -0.25) is 5.43 Å². The molecule has 0 amide bonds. The maximum Gasteiger partial charge on any atom is 0.241 e. The second-order valence-corrected chi connectivity index (χ2v) is 5.46. The summed E-state index contributed by atoms with van der Waals surface area (Å²) in [4.78, 5) is 11.0. The summed E-state index contributed by atoms with van der Waals surface area (Å²) >= 11 is 0. The molecule has 0 radical (unpaired) electrons. The zero-order valence-corrected chi connectivity index (χ0v) is 12.2. The number of likely N-dealkylation sites (N-methyl/N-ethyl adjacent to an activating group) is 1. The van der Waals surface area contributed by atoms with Crippen molar-refractivity contribution in [1.82, 2.24) is 14.9 Å². The Morgan fingerprint density at radius 2 is 2.19 bits per heavy atom. The maximum absolute atomic E-state index is 5.98. The number of nitrogens with zero attached hydrogens (tertiary/aromatic N) is 3. The lowest BCUT2D eigenvalue weighted by Crippen LogP contribution is -2.40. The van der Waals surface area contributed by atoms with Gasteiger partial charge in [-0.1, -0.05) is 18.6 Å². The van der Waals surface area contributed by atoms with Gasteiger partial charge in [-0.2, -0.15) is 4.98 Å². The molecule has 1 saturated heterocycles. The van der Waals surface area contributed by atoms with E-state index in [9.17, 15) is 0 Å². The van der Waals surface area contributed by atoms with Gasteiger partial charge in [0.25, 0.3) is 0 Å². The highest BCUT2D eigenvalue weighted by molar-refractivity contribution is 5.84. The van der Waals surface area contributed by atoms with Gasteiger partial charge in [-0.15, -0.1) is 0 Å². The minimum atomic E-state index is 0.376. The molecule has 1 unspecified atom stereocenters. The number of para-hydroxylation sites is 1. The molecular weight excluding hydrogens is 266 g/mol. The molecule has 1 aliphatic rings. The number of nitrogen functional groups attached to an aromatic ring is 1. The van der Waals surface area contributed by atoms with E-state index in [1.165, 1.54) is 19.3 Å². The van der Waals surface area contributed by atoms with E-state index in [1.807, 2.05) is 24.3 Å². The summed E-state index contributed by atoms with van der Waals surface area (Å²) in [6.45, 7) is 1.77. The minimum Gasteiger partial charge on any atom is -0.475 e. The molecule has 2 heterocycles. The zero-order valence-electron chi connectivity index (χ0n) is 12.2. The van der Waals surface area contributed by atoms with Gasteiger partial charge in [0, 0.05) is 6.04 Å². The highest BCUT2D eigenvalue weighted by Crippen LogP contribution is 2.24. The average molecular weight is 287 g/mol. The number of hydrogen-bond donors (Lipinski definition) is 2. The molecule has 0 aliphatic carbocycles. The number of benzene rings is 1. The minimum absolute atomic E-state index is 0.376. The lowest BCUT2D eigenvalue weighted by molar-refractivity contribution is 0.123. The van der Waals surface area contributed by atoms with Crippen molar-refractivity contribution in [3.63, 3.8) is 0 Å². The quantitative estimate of drug-likeness (QED) is 0.659. The number of aromatic nitrogens is 2. The number of likely N-dealkylation sites (tertiary alicyclic amines) is 1. The fraction of sp³-hybridized carbons (Fsp3) is 0.467. The Balaban J connectivity index is 1.82. The Hall–Kier alpha value is -1.92. The van der Waals surface area contributed by atoms with Crippen molar-refractivity contribution in [2.45, 2.75) is 25.3 Å². The van der Waals surface area contributed by atoms with Gasteiger partial charge in [0.2, 0.25) is 11.8 Å². The Morgan fingerprint density at radius 1 is 1.33 bits per heavy atom. The number of nitrogens with one attached hydrogen (secondary N) is 1. The monoisotopic (exact) mass is 287 g/mol. The second-order valence-electron chi connectivity index (χ2n) is 5.46. The maximum atomic E-state index is 5.98. The van der Waals surface area contributed by atoms with E-state index in [0.29, 0.717) is 24.5 Å². The molecule has 21 heavy (non-hydrogen) atoms. The van der Waals surface area contributed by atoms with Gasteiger partial charge in [0.1, 0.15) is 6.61 Å². The van der Waals surface area contributed by atoms with Gasteiger partial charge in [0.05, 0.1) is 10.9 Å². The topological polar surface area (TPSA) is 76.3 Å². The van der Waals surface area contributed by atoms with Crippen LogP contribution in [0, 0.1) is 0 Å². The predicted octanol–water partition coefficient (Wildman–Crippen LogP) is 1.78. The third kappa shape index (κ3) is 3.06. The molecule has 112 valence electrons. The van der Waals surface area contributed by atoms with Crippen LogP contribution in [-0.2, 0) is 0 Å². The number of nitrogens with two attached hydrogens (primary N) is 1. The van der Waals surface area contributed by atoms with Gasteiger partial charge in [0.15, 0.2) is 0 Å². The molecular formula is C15H21N5O. The summed E-state index contributed by atoms with van der Waals surface area (Å²) in [6, 6.07) is 8.24. The summed E-state index contributed by atoms with van der Waals surface area (Å²) in [5.41, 5.74) is 3.32. The first-order chi connectivity index (χ1) is 10.3. The van der Waals surface area contributed by atoms with Crippen LogP contribution < -0.4 is 16.0 Å². The molecule has 3 rings (SSSR count). The van der Waals surface area contributed by atoms with Crippen LogP contribution in [0.3, 0.4) is 0 Å². The van der Waals surface area contributed by atoms with E-state index in [1.54, 1.807) is 0 Å². The number of ether oxygens (including phenoxy) is 1. The zero-order chi connectivity index (χ0) is 14.7. The smallest absolute Gasteiger partial charge is 0.241 e.